The Hall–Kier alpha value is -0.900. The highest BCUT2D eigenvalue weighted by atomic mass is 15.3. The van der Waals surface area contributed by atoms with Crippen molar-refractivity contribution >= 4 is 0 Å². The summed E-state index contributed by atoms with van der Waals surface area (Å²) in [7, 11) is 0. The fourth-order valence-corrected chi connectivity index (χ4v) is 3.01. The molecule has 1 fully saturated rings. The highest BCUT2D eigenvalue weighted by molar-refractivity contribution is 5.13. The third-order valence-electron chi connectivity index (χ3n) is 3.91. The molecule has 3 N–H and O–H groups in total. The van der Waals surface area contributed by atoms with Crippen LogP contribution in [0.3, 0.4) is 0 Å². The Labute approximate surface area is 83.3 Å². The monoisotopic (exact) mass is 192 g/mol. The Morgan fingerprint density at radius 1 is 1.14 bits per heavy atom. The van der Waals surface area contributed by atoms with E-state index in [1.54, 1.807) is 0 Å². The standard InChI is InChI=1S/C10H16N4/c11-5-8-6-1-3-9-10(13-14-12-9)4-2-7(6)8/h6-8H,1-5,11H2,(H,12,13,14)/t6-,7+,8?. The lowest BCUT2D eigenvalue weighted by Gasteiger charge is -2.04. The predicted molar refractivity (Wildman–Crippen MR) is 52.5 cm³/mol. The highest BCUT2D eigenvalue weighted by Gasteiger charge is 2.48. The smallest absolute Gasteiger partial charge is 0.0856 e. The Bertz CT molecular complexity index is 304. The van der Waals surface area contributed by atoms with E-state index < -0.39 is 0 Å². The van der Waals surface area contributed by atoms with E-state index in [4.69, 9.17) is 5.73 Å². The van der Waals surface area contributed by atoms with Gasteiger partial charge in [0.25, 0.3) is 0 Å². The Morgan fingerprint density at radius 2 is 1.71 bits per heavy atom. The summed E-state index contributed by atoms with van der Waals surface area (Å²) in [6.07, 6.45) is 4.69. The largest absolute Gasteiger partial charge is 0.330 e. The summed E-state index contributed by atoms with van der Waals surface area (Å²) in [6.45, 7) is 0.868. The third-order valence-corrected chi connectivity index (χ3v) is 3.91. The molecule has 0 bridgehead atoms. The molecule has 76 valence electrons. The Morgan fingerprint density at radius 3 is 2.21 bits per heavy atom. The van der Waals surface area contributed by atoms with Gasteiger partial charge in [-0.05, 0) is 50.0 Å². The molecule has 2 aliphatic carbocycles. The maximum absolute atomic E-state index is 5.74. The van der Waals surface area contributed by atoms with Crippen molar-refractivity contribution in [3.05, 3.63) is 11.4 Å². The van der Waals surface area contributed by atoms with Crippen molar-refractivity contribution in [2.75, 3.05) is 6.54 Å². The maximum Gasteiger partial charge on any atom is 0.0856 e. The Balaban J connectivity index is 1.77. The molecule has 2 aliphatic rings. The summed E-state index contributed by atoms with van der Waals surface area (Å²) < 4.78 is 0. The first-order valence-corrected chi connectivity index (χ1v) is 5.48. The van der Waals surface area contributed by atoms with E-state index in [0.717, 1.165) is 37.1 Å². The van der Waals surface area contributed by atoms with Gasteiger partial charge in [0.15, 0.2) is 0 Å². The van der Waals surface area contributed by atoms with Gasteiger partial charge in [-0.15, -0.1) is 0 Å². The number of nitrogens with zero attached hydrogens (tertiary/aromatic N) is 2. The highest BCUT2D eigenvalue weighted by Crippen LogP contribution is 2.51. The molecule has 4 heteroatoms. The molecule has 3 rings (SSSR count). The van der Waals surface area contributed by atoms with Crippen LogP contribution in [0.4, 0.5) is 0 Å². The van der Waals surface area contributed by atoms with Gasteiger partial charge in [-0.1, -0.05) is 0 Å². The molecule has 1 heterocycles. The van der Waals surface area contributed by atoms with E-state index in [9.17, 15) is 0 Å². The fraction of sp³-hybridized carbons (Fsp3) is 0.800. The molecule has 0 aromatic carbocycles. The lowest BCUT2D eigenvalue weighted by atomic mass is 10.0. The molecule has 1 aromatic rings. The Kier molecular flexibility index (Phi) is 1.83. The van der Waals surface area contributed by atoms with Crippen molar-refractivity contribution in [3.63, 3.8) is 0 Å². The molecule has 0 saturated heterocycles. The van der Waals surface area contributed by atoms with Crippen molar-refractivity contribution in [1.82, 2.24) is 15.4 Å². The summed E-state index contributed by atoms with van der Waals surface area (Å²) in [5.41, 5.74) is 8.11. The molecule has 0 radical (unpaired) electrons. The number of aromatic amines is 1. The van der Waals surface area contributed by atoms with Gasteiger partial charge < -0.3 is 5.73 Å². The molecular formula is C10H16N4. The van der Waals surface area contributed by atoms with Crippen LogP contribution in [0.5, 0.6) is 0 Å². The predicted octanol–water partition coefficient (Wildman–Crippen LogP) is 0.504. The molecule has 1 aromatic heterocycles. The molecular weight excluding hydrogens is 176 g/mol. The van der Waals surface area contributed by atoms with Gasteiger partial charge in [-0.25, -0.2) is 0 Å². The van der Waals surface area contributed by atoms with Crippen molar-refractivity contribution in [2.45, 2.75) is 25.7 Å². The van der Waals surface area contributed by atoms with E-state index in [1.165, 1.54) is 24.2 Å². The van der Waals surface area contributed by atoms with Crippen LogP contribution >= 0.6 is 0 Å². The molecule has 4 nitrogen and oxygen atoms in total. The van der Waals surface area contributed by atoms with E-state index in [2.05, 4.69) is 15.4 Å². The molecule has 3 atom stereocenters. The lowest BCUT2D eigenvalue weighted by Crippen LogP contribution is -2.03. The average molecular weight is 192 g/mol. The number of nitrogens with one attached hydrogen (secondary N) is 1. The van der Waals surface area contributed by atoms with Gasteiger partial charge >= 0.3 is 0 Å². The van der Waals surface area contributed by atoms with Gasteiger partial charge in [0.1, 0.15) is 0 Å². The first-order valence-electron chi connectivity index (χ1n) is 5.48. The molecule has 0 amide bonds. The minimum absolute atomic E-state index is 0.794. The summed E-state index contributed by atoms with van der Waals surface area (Å²) in [6, 6.07) is 0. The van der Waals surface area contributed by atoms with E-state index >= 15 is 0 Å². The zero-order valence-corrected chi connectivity index (χ0v) is 8.24. The van der Waals surface area contributed by atoms with E-state index in [1.807, 2.05) is 0 Å². The summed E-state index contributed by atoms with van der Waals surface area (Å²) >= 11 is 0. The van der Waals surface area contributed by atoms with Gasteiger partial charge in [-0.3, -0.25) is 0 Å². The van der Waals surface area contributed by atoms with Crippen molar-refractivity contribution in [2.24, 2.45) is 23.5 Å². The zero-order valence-electron chi connectivity index (χ0n) is 8.24. The van der Waals surface area contributed by atoms with Crippen molar-refractivity contribution in [3.8, 4) is 0 Å². The first-order chi connectivity index (χ1) is 6.90. The average Bonchev–Trinajstić information content (AvgIpc) is 2.65. The van der Waals surface area contributed by atoms with E-state index in [0.29, 0.717) is 0 Å². The number of hydrogen-bond acceptors (Lipinski definition) is 3. The molecule has 0 aliphatic heterocycles. The fourth-order valence-electron chi connectivity index (χ4n) is 3.01. The number of rotatable bonds is 1. The van der Waals surface area contributed by atoms with Crippen LogP contribution in [-0.2, 0) is 12.8 Å². The van der Waals surface area contributed by atoms with Crippen LogP contribution in [0.2, 0.25) is 0 Å². The molecule has 14 heavy (non-hydrogen) atoms. The lowest BCUT2D eigenvalue weighted by molar-refractivity contribution is 0.579. The second-order valence-electron chi connectivity index (χ2n) is 4.52. The van der Waals surface area contributed by atoms with Crippen LogP contribution < -0.4 is 5.73 Å². The van der Waals surface area contributed by atoms with Crippen LogP contribution in [0.15, 0.2) is 0 Å². The number of hydrogen-bond donors (Lipinski definition) is 2. The zero-order chi connectivity index (χ0) is 9.54. The van der Waals surface area contributed by atoms with Gasteiger partial charge in [0, 0.05) is 0 Å². The second-order valence-corrected chi connectivity index (χ2v) is 4.52. The van der Waals surface area contributed by atoms with E-state index in [-0.39, 0.29) is 0 Å². The quantitative estimate of drug-likeness (QED) is 0.681. The minimum atomic E-state index is 0.794. The van der Waals surface area contributed by atoms with Gasteiger partial charge in [0.2, 0.25) is 0 Å². The number of aromatic nitrogens is 3. The normalized spacial score (nSPS) is 35.4. The summed E-state index contributed by atoms with van der Waals surface area (Å²) in [4.78, 5) is 0. The number of fused-ring (bicyclic) bond motifs is 2. The maximum atomic E-state index is 5.74. The van der Waals surface area contributed by atoms with Crippen LogP contribution in [0.1, 0.15) is 24.2 Å². The number of nitrogens with two attached hydrogens (primary N) is 1. The molecule has 1 unspecified atom stereocenters. The third kappa shape index (κ3) is 1.17. The SMILES string of the molecule is NCC1[C@H]2CCc3n[nH]nc3CC[C@@H]12. The van der Waals surface area contributed by atoms with Crippen LogP contribution in [0, 0.1) is 17.8 Å². The minimum Gasteiger partial charge on any atom is -0.330 e. The van der Waals surface area contributed by atoms with Gasteiger partial charge in [0.05, 0.1) is 11.4 Å². The molecule has 1 saturated carbocycles. The summed E-state index contributed by atoms with van der Waals surface area (Å²) in [5, 5.41) is 11.1. The first kappa shape index (κ1) is 8.41. The van der Waals surface area contributed by atoms with Crippen LogP contribution in [-0.4, -0.2) is 22.0 Å². The van der Waals surface area contributed by atoms with Crippen molar-refractivity contribution < 1.29 is 0 Å². The van der Waals surface area contributed by atoms with Crippen LogP contribution in [0.25, 0.3) is 0 Å². The topological polar surface area (TPSA) is 67.6 Å². The van der Waals surface area contributed by atoms with Gasteiger partial charge in [-0.2, -0.15) is 15.4 Å². The number of aryl methyl sites for hydroxylation is 2. The second kappa shape index (κ2) is 3.05. The van der Waals surface area contributed by atoms with Crippen molar-refractivity contribution in [1.29, 1.82) is 0 Å². The summed E-state index contributed by atoms with van der Waals surface area (Å²) in [5.74, 6) is 2.55. The molecule has 0 spiro atoms. The number of H-pyrrole nitrogens is 1.